The van der Waals surface area contributed by atoms with E-state index in [4.69, 9.17) is 11.6 Å². The Morgan fingerprint density at radius 2 is 1.90 bits per heavy atom. The Labute approximate surface area is 258 Å². The van der Waals surface area contributed by atoms with E-state index >= 15 is 0 Å². The highest BCUT2D eigenvalue weighted by atomic mass is 35.5. The molecule has 0 aromatic carbocycles. The predicted molar refractivity (Wildman–Crippen MR) is 164 cm³/mol. The van der Waals surface area contributed by atoms with Gasteiger partial charge in [0.25, 0.3) is 0 Å². The van der Waals surface area contributed by atoms with Crippen LogP contribution in [-0.4, -0.2) is 110 Å². The zero-order valence-electron chi connectivity index (χ0n) is 24.4. The number of fused-ring (bicyclic) bond motifs is 1. The van der Waals surface area contributed by atoms with Crippen LogP contribution in [0.25, 0.3) is 6.08 Å². The first-order valence-electron chi connectivity index (χ1n) is 15.1. The van der Waals surface area contributed by atoms with Crippen molar-refractivity contribution in [3.8, 4) is 0 Å². The molecule has 1 saturated carbocycles. The molecule has 4 heterocycles. The van der Waals surface area contributed by atoms with E-state index in [1.165, 1.54) is 22.3 Å². The van der Waals surface area contributed by atoms with Gasteiger partial charge in [0.2, 0.25) is 27.7 Å². The lowest BCUT2D eigenvalue weighted by atomic mass is 9.95. The summed E-state index contributed by atoms with van der Waals surface area (Å²) >= 11 is 7.18. The molecule has 3 aliphatic heterocycles. The zero-order chi connectivity index (χ0) is 30.0. The molecule has 5 unspecified atom stereocenters. The minimum atomic E-state index is -3.86. The highest BCUT2D eigenvalue weighted by molar-refractivity contribution is 7.92. The van der Waals surface area contributed by atoms with E-state index in [0.29, 0.717) is 47.0 Å². The molecule has 232 valence electrons. The summed E-state index contributed by atoms with van der Waals surface area (Å²) in [5, 5.41) is 1.05. The van der Waals surface area contributed by atoms with E-state index in [-0.39, 0.29) is 36.2 Å². The van der Waals surface area contributed by atoms with Crippen molar-refractivity contribution in [3.63, 3.8) is 0 Å². The summed E-state index contributed by atoms with van der Waals surface area (Å²) in [5.41, 5.74) is 0. The fourth-order valence-corrected chi connectivity index (χ4v) is 8.92. The summed E-state index contributed by atoms with van der Waals surface area (Å²) in [5.74, 6) is 0.789. The second kappa shape index (κ2) is 13.3. The minimum Gasteiger partial charge on any atom is -0.343 e. The molecule has 4 fully saturated rings. The molecule has 1 aromatic rings. The number of carbonyl (C=O) groups is 3. The normalized spacial score (nSPS) is 28.4. The molecule has 5 rings (SSSR count). The number of hydrogen-bond donors (Lipinski definition) is 1. The third-order valence-corrected chi connectivity index (χ3v) is 11.5. The first kappa shape index (κ1) is 31.4. The van der Waals surface area contributed by atoms with Gasteiger partial charge >= 0.3 is 0 Å². The van der Waals surface area contributed by atoms with Crippen molar-refractivity contribution in [2.45, 2.75) is 58.0 Å². The van der Waals surface area contributed by atoms with Gasteiger partial charge in [-0.3, -0.25) is 14.4 Å². The summed E-state index contributed by atoms with van der Waals surface area (Å²) in [4.78, 5) is 48.2. The second-order valence-electron chi connectivity index (χ2n) is 11.9. The van der Waals surface area contributed by atoms with Crippen molar-refractivity contribution in [2.75, 3.05) is 52.4 Å². The molecule has 5 atom stereocenters. The number of likely N-dealkylation sites (tertiary alicyclic amines) is 3. The maximum absolute atomic E-state index is 13.6. The summed E-state index contributed by atoms with van der Waals surface area (Å²) in [6.07, 6.45) is 5.47. The van der Waals surface area contributed by atoms with E-state index in [9.17, 15) is 22.8 Å². The zero-order valence-corrected chi connectivity index (χ0v) is 26.8. The SMILES string of the molecule is CCN(CC)C(=O)C1CCCN(CC2C3CC3CN2C(=O)CN2CCCC(NS(=O)(=O)/C=C/c3ccc(Cl)s3)C2=O)C1. The van der Waals surface area contributed by atoms with Crippen molar-refractivity contribution in [1.29, 1.82) is 0 Å². The lowest BCUT2D eigenvalue weighted by Gasteiger charge is -2.39. The average Bonchev–Trinajstić information content (AvgIpc) is 3.47. The van der Waals surface area contributed by atoms with Gasteiger partial charge in [-0.25, -0.2) is 8.42 Å². The fourth-order valence-electron chi connectivity index (χ4n) is 6.85. The molecule has 10 nitrogen and oxygen atoms in total. The quantitative estimate of drug-likeness (QED) is 0.399. The van der Waals surface area contributed by atoms with Crippen LogP contribution < -0.4 is 4.72 Å². The van der Waals surface area contributed by atoms with E-state index in [0.717, 1.165) is 57.4 Å². The van der Waals surface area contributed by atoms with E-state index in [1.54, 1.807) is 12.1 Å². The molecule has 13 heteroatoms. The summed E-state index contributed by atoms with van der Waals surface area (Å²) in [6.45, 7) is 8.98. The van der Waals surface area contributed by atoms with Gasteiger partial charge < -0.3 is 19.6 Å². The van der Waals surface area contributed by atoms with Gasteiger partial charge in [0, 0.05) is 55.6 Å². The molecule has 42 heavy (non-hydrogen) atoms. The molecule has 1 N–H and O–H groups in total. The first-order chi connectivity index (χ1) is 20.1. The van der Waals surface area contributed by atoms with Crippen LogP contribution in [0.1, 0.15) is 50.8 Å². The molecule has 1 aliphatic carbocycles. The Morgan fingerprint density at radius 1 is 1.14 bits per heavy atom. The summed E-state index contributed by atoms with van der Waals surface area (Å²) in [7, 11) is -3.86. The molecule has 3 saturated heterocycles. The monoisotopic (exact) mass is 639 g/mol. The number of thiophene rings is 1. The van der Waals surface area contributed by atoms with Crippen LogP contribution in [0.2, 0.25) is 4.34 Å². The third kappa shape index (κ3) is 7.38. The standard InChI is InChI=1S/C29H42ClN5O5S2/c1-3-33(4-2)28(37)20-7-5-12-32(16-20)18-25-23-15-21(23)17-35(25)27(36)19-34-13-6-8-24(29(34)38)31-42(39,40)14-11-22-9-10-26(30)41-22/h9-11,14,20-21,23-25,31H,3-8,12-13,15-19H2,1-2H3/b14-11+. The maximum Gasteiger partial charge on any atom is 0.242 e. The Balaban J connectivity index is 1.16. The van der Waals surface area contributed by atoms with E-state index in [2.05, 4.69) is 9.62 Å². The Hall–Kier alpha value is -1.99. The summed E-state index contributed by atoms with van der Waals surface area (Å²) < 4.78 is 28.4. The van der Waals surface area contributed by atoms with Crippen LogP contribution in [-0.2, 0) is 24.4 Å². The first-order valence-corrected chi connectivity index (χ1v) is 17.9. The van der Waals surface area contributed by atoms with Gasteiger partial charge in [0.15, 0.2) is 0 Å². The molecule has 4 aliphatic rings. The smallest absolute Gasteiger partial charge is 0.242 e. The Morgan fingerprint density at radius 3 is 2.62 bits per heavy atom. The number of nitrogens with zero attached hydrogens (tertiary/aromatic N) is 4. The number of hydrogen-bond acceptors (Lipinski definition) is 7. The predicted octanol–water partition coefficient (Wildman–Crippen LogP) is 2.71. The molecular weight excluding hydrogens is 598 g/mol. The Kier molecular flexibility index (Phi) is 9.98. The van der Waals surface area contributed by atoms with Crippen LogP contribution in [0.5, 0.6) is 0 Å². The summed E-state index contributed by atoms with van der Waals surface area (Å²) in [6, 6.07) is 2.61. The minimum absolute atomic E-state index is 0.00356. The van der Waals surface area contributed by atoms with Gasteiger partial charge in [0.05, 0.1) is 16.8 Å². The van der Waals surface area contributed by atoms with Crippen LogP contribution in [0.3, 0.4) is 0 Å². The molecular formula is C29H42ClN5O5S2. The number of carbonyl (C=O) groups excluding carboxylic acids is 3. The van der Waals surface area contributed by atoms with Crippen molar-refractivity contribution in [1.82, 2.24) is 24.3 Å². The Bertz CT molecular complexity index is 1300. The van der Waals surface area contributed by atoms with Crippen LogP contribution in [0.15, 0.2) is 17.5 Å². The van der Waals surface area contributed by atoms with Crippen molar-refractivity contribution in [3.05, 3.63) is 26.8 Å². The topological polar surface area (TPSA) is 110 Å². The molecule has 3 amide bonds. The second-order valence-corrected chi connectivity index (χ2v) is 15.3. The number of rotatable bonds is 11. The van der Waals surface area contributed by atoms with Gasteiger partial charge in [-0.2, -0.15) is 4.72 Å². The lowest BCUT2D eigenvalue weighted by molar-refractivity contribution is -0.144. The van der Waals surface area contributed by atoms with Crippen molar-refractivity contribution < 1.29 is 22.8 Å². The highest BCUT2D eigenvalue weighted by Crippen LogP contribution is 2.50. The van der Waals surface area contributed by atoms with Gasteiger partial charge in [-0.05, 0) is 82.5 Å². The number of amides is 3. The van der Waals surface area contributed by atoms with Gasteiger partial charge in [-0.15, -0.1) is 11.3 Å². The van der Waals surface area contributed by atoms with Gasteiger partial charge in [0.1, 0.15) is 6.04 Å². The van der Waals surface area contributed by atoms with Crippen molar-refractivity contribution in [2.24, 2.45) is 17.8 Å². The largest absolute Gasteiger partial charge is 0.343 e. The van der Waals surface area contributed by atoms with Crippen molar-refractivity contribution >= 4 is 56.8 Å². The lowest BCUT2D eigenvalue weighted by Crippen LogP contribution is -2.56. The van der Waals surface area contributed by atoms with E-state index < -0.39 is 16.1 Å². The number of piperidine rings is 3. The molecule has 1 aromatic heterocycles. The van der Waals surface area contributed by atoms with Crippen LogP contribution in [0.4, 0.5) is 0 Å². The molecule has 0 bridgehead atoms. The van der Waals surface area contributed by atoms with Crippen LogP contribution in [0, 0.1) is 17.8 Å². The number of nitrogens with one attached hydrogen (secondary N) is 1. The van der Waals surface area contributed by atoms with Crippen LogP contribution >= 0.6 is 22.9 Å². The maximum atomic E-state index is 13.6. The number of halogens is 1. The van der Waals surface area contributed by atoms with Gasteiger partial charge in [-0.1, -0.05) is 11.6 Å². The molecule has 0 spiro atoms. The third-order valence-electron chi connectivity index (χ3n) is 9.17. The fraction of sp³-hybridized carbons (Fsp3) is 0.690. The average molecular weight is 640 g/mol. The van der Waals surface area contributed by atoms with E-state index in [1.807, 2.05) is 23.6 Å². The number of sulfonamides is 1. The molecule has 0 radical (unpaired) electrons. The highest BCUT2D eigenvalue weighted by Gasteiger charge is 2.54.